The molecule has 0 aliphatic rings. The van der Waals surface area contributed by atoms with Crippen molar-refractivity contribution in [1.29, 1.82) is 5.26 Å². The minimum absolute atomic E-state index is 0.0798. The summed E-state index contributed by atoms with van der Waals surface area (Å²) >= 11 is 3.59. The van der Waals surface area contributed by atoms with Crippen molar-refractivity contribution in [2.45, 2.75) is 32.9 Å². The maximum absolute atomic E-state index is 9.01. The maximum atomic E-state index is 9.01. The summed E-state index contributed by atoms with van der Waals surface area (Å²) in [4.78, 5) is 4.01. The van der Waals surface area contributed by atoms with Gasteiger partial charge in [0, 0.05) is 34.6 Å². The number of nitrogens with zero attached hydrogens (tertiary/aromatic N) is 3. The number of rotatable bonds is 3. The van der Waals surface area contributed by atoms with Gasteiger partial charge in [-0.05, 0) is 38.5 Å². The van der Waals surface area contributed by atoms with Crippen LogP contribution < -0.4 is 5.32 Å². The zero-order valence-electron chi connectivity index (χ0n) is 11.8. The molecule has 1 N–H and O–H groups in total. The summed E-state index contributed by atoms with van der Waals surface area (Å²) in [6.45, 7) is 7.21. The number of nitrogens with one attached hydrogen (secondary N) is 1. The van der Waals surface area contributed by atoms with Crippen molar-refractivity contribution in [3.63, 3.8) is 0 Å². The fourth-order valence-electron chi connectivity index (χ4n) is 1.78. The van der Waals surface area contributed by atoms with Crippen molar-refractivity contribution in [2.75, 3.05) is 0 Å². The van der Waals surface area contributed by atoms with E-state index in [4.69, 9.17) is 5.26 Å². The molecule has 2 rings (SSSR count). The van der Waals surface area contributed by atoms with E-state index in [1.54, 1.807) is 17.0 Å². The van der Waals surface area contributed by atoms with Crippen LogP contribution in [0.3, 0.4) is 0 Å². The highest BCUT2D eigenvalue weighted by Crippen LogP contribution is 2.22. The Morgan fingerprint density at radius 3 is 2.75 bits per heavy atom. The molecule has 4 nitrogen and oxygen atoms in total. The molecular formula is C15H17BrN4. The molecule has 0 unspecified atom stereocenters. The minimum Gasteiger partial charge on any atom is -0.308 e. The third-order valence-electron chi connectivity index (χ3n) is 2.86. The van der Waals surface area contributed by atoms with E-state index in [9.17, 15) is 0 Å². The third kappa shape index (κ3) is 3.47. The first-order valence-corrected chi connectivity index (χ1v) is 7.17. The van der Waals surface area contributed by atoms with Crippen LogP contribution in [-0.4, -0.2) is 15.1 Å². The molecule has 5 heteroatoms. The van der Waals surface area contributed by atoms with Gasteiger partial charge in [-0.3, -0.25) is 4.57 Å². The van der Waals surface area contributed by atoms with Crippen molar-refractivity contribution < 1.29 is 0 Å². The molecule has 1 heterocycles. The Bertz CT molecular complexity index is 647. The molecule has 0 saturated carbocycles. The van der Waals surface area contributed by atoms with Crippen LogP contribution >= 0.6 is 15.9 Å². The number of imidazole rings is 1. The van der Waals surface area contributed by atoms with Gasteiger partial charge in [0.05, 0.1) is 0 Å². The maximum Gasteiger partial charge on any atom is 0.217 e. The highest BCUT2D eigenvalue weighted by molar-refractivity contribution is 9.10. The van der Waals surface area contributed by atoms with Gasteiger partial charge in [-0.25, -0.2) is 4.98 Å². The monoisotopic (exact) mass is 332 g/mol. The molecule has 0 atom stereocenters. The predicted molar refractivity (Wildman–Crippen MR) is 82.6 cm³/mol. The van der Waals surface area contributed by atoms with Crippen LogP contribution in [-0.2, 0) is 6.54 Å². The number of nitriles is 1. The Morgan fingerprint density at radius 2 is 2.15 bits per heavy atom. The van der Waals surface area contributed by atoms with Gasteiger partial charge >= 0.3 is 0 Å². The van der Waals surface area contributed by atoms with Crippen molar-refractivity contribution in [2.24, 2.45) is 0 Å². The molecule has 1 aromatic carbocycles. The summed E-state index contributed by atoms with van der Waals surface area (Å²) in [5.74, 6) is 0.387. The number of halogens is 1. The molecule has 0 bridgehead atoms. The highest BCUT2D eigenvalue weighted by Gasteiger charge is 2.11. The van der Waals surface area contributed by atoms with Crippen molar-refractivity contribution in [3.8, 4) is 11.8 Å². The summed E-state index contributed by atoms with van der Waals surface area (Å²) in [6.07, 6.45) is 3.41. The molecule has 0 spiro atoms. The molecule has 20 heavy (non-hydrogen) atoms. The second-order valence-electron chi connectivity index (χ2n) is 5.61. The Balaban J connectivity index is 2.25. The first-order chi connectivity index (χ1) is 9.40. The Morgan fingerprint density at radius 1 is 1.40 bits per heavy atom. The van der Waals surface area contributed by atoms with Crippen molar-refractivity contribution in [1.82, 2.24) is 14.9 Å². The van der Waals surface area contributed by atoms with E-state index in [1.165, 1.54) is 5.56 Å². The number of aromatic nitrogens is 2. The van der Waals surface area contributed by atoms with Gasteiger partial charge in [0.2, 0.25) is 5.82 Å². The normalized spacial score (nSPS) is 11.3. The van der Waals surface area contributed by atoms with E-state index in [-0.39, 0.29) is 5.54 Å². The Hall–Kier alpha value is -1.64. The summed E-state index contributed by atoms with van der Waals surface area (Å²) in [5, 5.41) is 12.5. The minimum atomic E-state index is 0.0798. The average molecular weight is 333 g/mol. The van der Waals surface area contributed by atoms with E-state index < -0.39 is 0 Å². The molecule has 0 fully saturated rings. The van der Waals surface area contributed by atoms with Crippen LogP contribution in [0.4, 0.5) is 0 Å². The van der Waals surface area contributed by atoms with Gasteiger partial charge in [-0.2, -0.15) is 5.26 Å². The van der Waals surface area contributed by atoms with Gasteiger partial charge in [0.1, 0.15) is 6.07 Å². The molecule has 104 valence electrons. The molecule has 0 aliphatic carbocycles. The van der Waals surface area contributed by atoms with E-state index in [0.29, 0.717) is 5.82 Å². The SMILES string of the molecule is CC(C)(C)NCc1ccc(-n2ccnc2C#N)cc1Br. The largest absolute Gasteiger partial charge is 0.308 e. The summed E-state index contributed by atoms with van der Waals surface area (Å²) in [6, 6.07) is 8.13. The van der Waals surface area contributed by atoms with Gasteiger partial charge in [-0.15, -0.1) is 0 Å². The number of hydrogen-bond donors (Lipinski definition) is 1. The van der Waals surface area contributed by atoms with Crippen molar-refractivity contribution >= 4 is 15.9 Å². The molecule has 1 aromatic heterocycles. The lowest BCUT2D eigenvalue weighted by atomic mass is 10.1. The smallest absolute Gasteiger partial charge is 0.217 e. The van der Waals surface area contributed by atoms with Crippen LogP contribution in [0, 0.1) is 11.3 Å². The van der Waals surface area contributed by atoms with Crippen LogP contribution in [0.5, 0.6) is 0 Å². The van der Waals surface area contributed by atoms with Crippen LogP contribution in [0.1, 0.15) is 32.2 Å². The van der Waals surface area contributed by atoms with E-state index >= 15 is 0 Å². The molecular weight excluding hydrogens is 316 g/mol. The van der Waals surface area contributed by atoms with E-state index in [2.05, 4.69) is 59.1 Å². The second-order valence-corrected chi connectivity index (χ2v) is 6.47. The van der Waals surface area contributed by atoms with Gasteiger partial charge < -0.3 is 5.32 Å². The van der Waals surface area contributed by atoms with Crippen LogP contribution in [0.2, 0.25) is 0 Å². The fourth-order valence-corrected chi connectivity index (χ4v) is 2.29. The second kappa shape index (κ2) is 5.78. The molecule has 2 aromatic rings. The summed E-state index contributed by atoms with van der Waals surface area (Å²) < 4.78 is 2.79. The summed E-state index contributed by atoms with van der Waals surface area (Å²) in [5.41, 5.74) is 2.18. The molecule has 0 aliphatic heterocycles. The zero-order chi connectivity index (χ0) is 14.8. The highest BCUT2D eigenvalue weighted by atomic mass is 79.9. The van der Waals surface area contributed by atoms with Gasteiger partial charge in [-0.1, -0.05) is 22.0 Å². The number of benzene rings is 1. The quantitative estimate of drug-likeness (QED) is 0.937. The van der Waals surface area contributed by atoms with E-state index in [0.717, 1.165) is 16.7 Å². The van der Waals surface area contributed by atoms with E-state index in [1.807, 2.05) is 12.1 Å². The van der Waals surface area contributed by atoms with Crippen LogP contribution in [0.25, 0.3) is 5.69 Å². The lowest BCUT2D eigenvalue weighted by molar-refractivity contribution is 0.424. The fraction of sp³-hybridized carbons (Fsp3) is 0.333. The first-order valence-electron chi connectivity index (χ1n) is 6.38. The molecule has 0 saturated heterocycles. The summed E-state index contributed by atoms with van der Waals surface area (Å²) in [7, 11) is 0. The average Bonchev–Trinajstić information content (AvgIpc) is 2.84. The first kappa shape index (κ1) is 14.8. The molecule has 0 radical (unpaired) electrons. The predicted octanol–water partition coefficient (Wildman–Crippen LogP) is 3.39. The number of hydrogen-bond acceptors (Lipinski definition) is 3. The van der Waals surface area contributed by atoms with Crippen LogP contribution in [0.15, 0.2) is 35.1 Å². The third-order valence-corrected chi connectivity index (χ3v) is 3.60. The molecule has 0 amide bonds. The zero-order valence-corrected chi connectivity index (χ0v) is 13.4. The lowest BCUT2D eigenvalue weighted by Crippen LogP contribution is -2.35. The Labute approximate surface area is 127 Å². The Kier molecular flexibility index (Phi) is 4.26. The topological polar surface area (TPSA) is 53.6 Å². The van der Waals surface area contributed by atoms with Gasteiger partial charge in [0.25, 0.3) is 0 Å². The van der Waals surface area contributed by atoms with Crippen molar-refractivity contribution in [3.05, 3.63) is 46.5 Å². The lowest BCUT2D eigenvalue weighted by Gasteiger charge is -2.21. The standard InChI is InChI=1S/C15H17BrN4/c1-15(2,3)19-10-11-4-5-12(8-13(11)16)20-7-6-18-14(20)9-17/h4-8,19H,10H2,1-3H3. The van der Waals surface area contributed by atoms with Gasteiger partial charge in [0.15, 0.2) is 0 Å².